The molecule has 1 aromatic heterocycles. The van der Waals surface area contributed by atoms with E-state index in [4.69, 9.17) is 0 Å². The van der Waals surface area contributed by atoms with E-state index in [-0.39, 0.29) is 0 Å². The van der Waals surface area contributed by atoms with Crippen LogP contribution in [0.4, 0.5) is 0 Å². The van der Waals surface area contributed by atoms with Crippen LogP contribution >= 0.6 is 15.9 Å². The molecular weight excluding hydrogens is 302 g/mol. The third-order valence-corrected chi connectivity index (χ3v) is 4.49. The smallest absolute Gasteiger partial charge is 0.0743 e. The molecular formula is C15H20BrN3. The Kier molecular flexibility index (Phi) is 4.42. The van der Waals surface area contributed by atoms with Crippen LogP contribution in [-0.4, -0.2) is 16.3 Å². The summed E-state index contributed by atoms with van der Waals surface area (Å²) in [6.45, 7) is 10.3. The number of benzene rings is 1. The Morgan fingerprint density at radius 1 is 1.26 bits per heavy atom. The standard InChI is InChI=1S/C15H20BrN3/c1-5-17-9-13-6-7-14(8-10(13)2)19-12(4)15(16)11(3)18-19/h6-8,17H,5,9H2,1-4H3. The number of hydrogen-bond donors (Lipinski definition) is 1. The number of nitrogens with zero attached hydrogens (tertiary/aromatic N) is 2. The molecule has 0 atom stereocenters. The fourth-order valence-electron chi connectivity index (χ4n) is 2.14. The zero-order chi connectivity index (χ0) is 14.0. The van der Waals surface area contributed by atoms with E-state index in [0.717, 1.165) is 34.6 Å². The van der Waals surface area contributed by atoms with E-state index < -0.39 is 0 Å². The van der Waals surface area contributed by atoms with E-state index in [1.165, 1.54) is 11.1 Å². The highest BCUT2D eigenvalue weighted by molar-refractivity contribution is 9.10. The maximum absolute atomic E-state index is 4.57. The largest absolute Gasteiger partial charge is 0.313 e. The molecule has 0 unspecified atom stereocenters. The molecule has 0 aliphatic heterocycles. The summed E-state index contributed by atoms with van der Waals surface area (Å²) in [6, 6.07) is 6.50. The molecule has 0 saturated carbocycles. The van der Waals surface area contributed by atoms with Crippen LogP contribution in [0.5, 0.6) is 0 Å². The summed E-state index contributed by atoms with van der Waals surface area (Å²) in [4.78, 5) is 0. The van der Waals surface area contributed by atoms with Gasteiger partial charge in [0.05, 0.1) is 21.5 Å². The van der Waals surface area contributed by atoms with Gasteiger partial charge in [0.2, 0.25) is 0 Å². The molecule has 0 aliphatic rings. The minimum atomic E-state index is 0.920. The molecule has 2 rings (SSSR count). The molecule has 19 heavy (non-hydrogen) atoms. The van der Waals surface area contributed by atoms with Crippen molar-refractivity contribution in [2.45, 2.75) is 34.2 Å². The van der Waals surface area contributed by atoms with Crippen molar-refractivity contribution in [3.05, 3.63) is 45.2 Å². The van der Waals surface area contributed by atoms with Gasteiger partial charge in [-0.3, -0.25) is 0 Å². The van der Waals surface area contributed by atoms with E-state index in [0.29, 0.717) is 0 Å². The molecule has 0 saturated heterocycles. The maximum Gasteiger partial charge on any atom is 0.0743 e. The fraction of sp³-hybridized carbons (Fsp3) is 0.400. The van der Waals surface area contributed by atoms with E-state index in [9.17, 15) is 0 Å². The lowest BCUT2D eigenvalue weighted by Crippen LogP contribution is -2.13. The Morgan fingerprint density at radius 2 is 2.00 bits per heavy atom. The molecule has 3 nitrogen and oxygen atoms in total. The van der Waals surface area contributed by atoms with Gasteiger partial charge < -0.3 is 5.32 Å². The number of aryl methyl sites for hydroxylation is 2. The van der Waals surface area contributed by atoms with Crippen molar-refractivity contribution in [3.63, 3.8) is 0 Å². The number of aromatic nitrogens is 2. The molecule has 102 valence electrons. The SMILES string of the molecule is CCNCc1ccc(-n2nc(C)c(Br)c2C)cc1C. The molecule has 2 aromatic rings. The summed E-state index contributed by atoms with van der Waals surface area (Å²) >= 11 is 3.57. The molecule has 0 bridgehead atoms. The van der Waals surface area contributed by atoms with Crippen molar-refractivity contribution in [2.75, 3.05) is 6.54 Å². The van der Waals surface area contributed by atoms with Crippen LogP contribution in [0.1, 0.15) is 29.4 Å². The first kappa shape index (κ1) is 14.3. The Bertz CT molecular complexity index is 587. The Balaban J connectivity index is 2.36. The topological polar surface area (TPSA) is 29.9 Å². The van der Waals surface area contributed by atoms with Crippen molar-refractivity contribution < 1.29 is 0 Å². The quantitative estimate of drug-likeness (QED) is 0.931. The summed E-state index contributed by atoms with van der Waals surface area (Å²) in [5.74, 6) is 0. The highest BCUT2D eigenvalue weighted by atomic mass is 79.9. The minimum absolute atomic E-state index is 0.920. The highest BCUT2D eigenvalue weighted by Crippen LogP contribution is 2.24. The number of halogens is 1. The van der Waals surface area contributed by atoms with Crippen LogP contribution in [0.2, 0.25) is 0 Å². The molecule has 1 N–H and O–H groups in total. The summed E-state index contributed by atoms with van der Waals surface area (Å²) in [6.07, 6.45) is 0. The van der Waals surface area contributed by atoms with Gasteiger partial charge in [-0.25, -0.2) is 4.68 Å². The van der Waals surface area contributed by atoms with Crippen molar-refractivity contribution in [3.8, 4) is 5.69 Å². The van der Waals surface area contributed by atoms with Gasteiger partial charge in [-0.05, 0) is 66.5 Å². The molecule has 1 aromatic carbocycles. The lowest BCUT2D eigenvalue weighted by Gasteiger charge is -2.10. The first-order chi connectivity index (χ1) is 9.04. The molecule has 1 heterocycles. The van der Waals surface area contributed by atoms with Gasteiger partial charge in [0, 0.05) is 6.54 Å². The van der Waals surface area contributed by atoms with Gasteiger partial charge in [0.15, 0.2) is 0 Å². The first-order valence-corrected chi connectivity index (χ1v) is 7.36. The van der Waals surface area contributed by atoms with E-state index in [1.54, 1.807) is 0 Å². The van der Waals surface area contributed by atoms with Crippen molar-refractivity contribution in [1.29, 1.82) is 0 Å². The summed E-state index contributed by atoms with van der Waals surface area (Å²) in [7, 11) is 0. The Labute approximate surface area is 123 Å². The molecule has 0 spiro atoms. The molecule has 4 heteroatoms. The number of hydrogen-bond acceptors (Lipinski definition) is 2. The van der Waals surface area contributed by atoms with Gasteiger partial charge in [0.1, 0.15) is 0 Å². The zero-order valence-corrected chi connectivity index (χ0v) is 13.5. The predicted octanol–water partition coefficient (Wildman–Crippen LogP) is 3.67. The average Bonchev–Trinajstić information content (AvgIpc) is 2.65. The molecule has 0 aliphatic carbocycles. The lowest BCUT2D eigenvalue weighted by atomic mass is 10.1. The van der Waals surface area contributed by atoms with Crippen molar-refractivity contribution >= 4 is 15.9 Å². The van der Waals surface area contributed by atoms with Crippen LogP contribution in [0.15, 0.2) is 22.7 Å². The van der Waals surface area contributed by atoms with Crippen LogP contribution in [0.25, 0.3) is 5.69 Å². The second-order valence-electron chi connectivity index (χ2n) is 4.79. The third kappa shape index (κ3) is 2.90. The van der Waals surface area contributed by atoms with E-state index in [1.807, 2.05) is 11.6 Å². The predicted molar refractivity (Wildman–Crippen MR) is 82.9 cm³/mol. The van der Waals surface area contributed by atoms with Crippen molar-refractivity contribution in [1.82, 2.24) is 15.1 Å². The summed E-state index contributed by atoms with van der Waals surface area (Å²) in [5, 5.41) is 7.93. The van der Waals surface area contributed by atoms with Crippen LogP contribution in [-0.2, 0) is 6.54 Å². The maximum atomic E-state index is 4.57. The second kappa shape index (κ2) is 5.88. The highest BCUT2D eigenvalue weighted by Gasteiger charge is 2.10. The second-order valence-corrected chi connectivity index (χ2v) is 5.58. The van der Waals surface area contributed by atoms with Crippen LogP contribution in [0.3, 0.4) is 0 Å². The summed E-state index contributed by atoms with van der Waals surface area (Å²) in [5.41, 5.74) is 5.90. The van der Waals surface area contributed by atoms with Gasteiger partial charge in [-0.2, -0.15) is 5.10 Å². The zero-order valence-electron chi connectivity index (χ0n) is 11.9. The van der Waals surface area contributed by atoms with Gasteiger partial charge >= 0.3 is 0 Å². The normalized spacial score (nSPS) is 11.0. The molecule has 0 fully saturated rings. The number of nitrogens with one attached hydrogen (secondary N) is 1. The van der Waals surface area contributed by atoms with Gasteiger partial charge in [0.25, 0.3) is 0 Å². The van der Waals surface area contributed by atoms with Crippen molar-refractivity contribution in [2.24, 2.45) is 0 Å². The average molecular weight is 322 g/mol. The van der Waals surface area contributed by atoms with Gasteiger partial charge in [-0.1, -0.05) is 13.0 Å². The van der Waals surface area contributed by atoms with E-state index >= 15 is 0 Å². The van der Waals surface area contributed by atoms with Gasteiger partial charge in [-0.15, -0.1) is 0 Å². The fourth-order valence-corrected chi connectivity index (χ4v) is 2.39. The monoisotopic (exact) mass is 321 g/mol. The van der Waals surface area contributed by atoms with Crippen LogP contribution in [0, 0.1) is 20.8 Å². The third-order valence-electron chi connectivity index (χ3n) is 3.34. The first-order valence-electron chi connectivity index (χ1n) is 6.57. The number of rotatable bonds is 4. The van der Waals surface area contributed by atoms with Crippen LogP contribution < -0.4 is 5.32 Å². The minimum Gasteiger partial charge on any atom is -0.313 e. The molecule has 0 radical (unpaired) electrons. The Morgan fingerprint density at radius 3 is 2.53 bits per heavy atom. The summed E-state index contributed by atoms with van der Waals surface area (Å²) < 4.78 is 3.07. The Hall–Kier alpha value is -1.13. The van der Waals surface area contributed by atoms with E-state index in [2.05, 4.69) is 65.3 Å². The molecule has 0 amide bonds. The lowest BCUT2D eigenvalue weighted by molar-refractivity contribution is 0.722.